The average Bonchev–Trinajstić information content (AvgIpc) is 3.37. The number of nitrogens with zero attached hydrogens (tertiary/aromatic N) is 1. The lowest BCUT2D eigenvalue weighted by molar-refractivity contribution is -0.137. The monoisotopic (exact) mass is 468 g/mol. The van der Waals surface area contributed by atoms with Gasteiger partial charge in [0.2, 0.25) is 0 Å². The van der Waals surface area contributed by atoms with Crippen molar-refractivity contribution in [2.24, 2.45) is 0 Å². The number of rotatable bonds is 5. The average molecular weight is 469 g/mol. The summed E-state index contributed by atoms with van der Waals surface area (Å²) in [5, 5.41) is 3.33. The van der Waals surface area contributed by atoms with E-state index in [0.29, 0.717) is 30.1 Å². The SMILES string of the molecule is Cc1c(C(=O)NC2CCCCC2)cc(-c2cc(C(F)(F)F)ccc2Cl)n1C[C@H]1CCCO1. The summed E-state index contributed by atoms with van der Waals surface area (Å²) in [6, 6.07) is 5.11. The molecule has 0 spiro atoms. The molecule has 0 unspecified atom stereocenters. The number of benzene rings is 1. The second kappa shape index (κ2) is 9.48. The zero-order valence-corrected chi connectivity index (χ0v) is 18.9. The molecule has 2 fully saturated rings. The Hall–Kier alpha value is -1.99. The molecule has 4 nitrogen and oxygen atoms in total. The number of amides is 1. The van der Waals surface area contributed by atoms with Crippen molar-refractivity contribution >= 4 is 17.5 Å². The third-order valence-electron chi connectivity index (χ3n) is 6.53. The van der Waals surface area contributed by atoms with Gasteiger partial charge in [-0.15, -0.1) is 0 Å². The topological polar surface area (TPSA) is 43.3 Å². The van der Waals surface area contributed by atoms with Gasteiger partial charge in [-0.3, -0.25) is 4.79 Å². The fraction of sp³-hybridized carbons (Fsp3) is 0.542. The summed E-state index contributed by atoms with van der Waals surface area (Å²) < 4.78 is 47.8. The van der Waals surface area contributed by atoms with Crippen molar-refractivity contribution in [3.63, 3.8) is 0 Å². The van der Waals surface area contributed by atoms with Crippen LogP contribution in [0.1, 0.15) is 66.6 Å². The van der Waals surface area contributed by atoms with Gasteiger partial charge in [0, 0.05) is 35.5 Å². The van der Waals surface area contributed by atoms with E-state index in [1.165, 1.54) is 12.5 Å². The molecule has 1 aliphatic carbocycles. The Morgan fingerprint density at radius 3 is 2.56 bits per heavy atom. The molecule has 1 aliphatic heterocycles. The maximum atomic E-state index is 13.4. The van der Waals surface area contributed by atoms with Crippen molar-refractivity contribution in [2.45, 2.75) is 76.7 Å². The molecule has 1 aromatic heterocycles. The summed E-state index contributed by atoms with van der Waals surface area (Å²) in [4.78, 5) is 13.1. The Balaban J connectivity index is 1.73. The van der Waals surface area contributed by atoms with Gasteiger partial charge in [-0.2, -0.15) is 13.2 Å². The number of carbonyl (C=O) groups excluding carboxylic acids is 1. The number of alkyl halides is 3. The van der Waals surface area contributed by atoms with Crippen molar-refractivity contribution in [3.05, 3.63) is 46.1 Å². The van der Waals surface area contributed by atoms with Crippen LogP contribution >= 0.6 is 11.6 Å². The molecule has 1 atom stereocenters. The summed E-state index contributed by atoms with van der Waals surface area (Å²) >= 11 is 6.35. The number of ether oxygens (including phenoxy) is 1. The number of hydrogen-bond donors (Lipinski definition) is 1. The summed E-state index contributed by atoms with van der Waals surface area (Å²) in [5.74, 6) is -0.190. The van der Waals surface area contributed by atoms with Crippen LogP contribution in [0.25, 0.3) is 11.3 Å². The van der Waals surface area contributed by atoms with Crippen LogP contribution in [0.2, 0.25) is 5.02 Å². The molecule has 4 rings (SSSR count). The van der Waals surface area contributed by atoms with Gasteiger partial charge in [-0.1, -0.05) is 30.9 Å². The largest absolute Gasteiger partial charge is 0.416 e. The zero-order chi connectivity index (χ0) is 22.9. The van der Waals surface area contributed by atoms with Crippen LogP contribution in [0.4, 0.5) is 13.2 Å². The highest BCUT2D eigenvalue weighted by Gasteiger charge is 2.32. The smallest absolute Gasteiger partial charge is 0.376 e. The standard InChI is InChI=1S/C24H28ClF3N2O2/c1-15-19(23(31)29-17-6-3-2-4-7-17)13-22(30(15)14-18-8-5-11-32-18)20-12-16(24(26,27)28)9-10-21(20)25/h9-10,12-13,17-18H,2-8,11,14H2,1H3,(H,29,31)/t18-/m1/s1. The Bertz CT molecular complexity index is 974. The van der Waals surface area contributed by atoms with E-state index in [1.54, 1.807) is 6.07 Å². The fourth-order valence-electron chi connectivity index (χ4n) is 4.73. The Labute approximate surface area is 191 Å². The third-order valence-corrected chi connectivity index (χ3v) is 6.86. The molecule has 2 aliphatic rings. The first-order valence-corrected chi connectivity index (χ1v) is 11.6. The molecule has 1 aromatic carbocycles. The molecule has 0 radical (unpaired) electrons. The van der Waals surface area contributed by atoms with Gasteiger partial charge in [-0.05, 0) is 56.9 Å². The first-order chi connectivity index (χ1) is 15.2. The van der Waals surface area contributed by atoms with Gasteiger partial charge in [0.25, 0.3) is 5.91 Å². The van der Waals surface area contributed by atoms with Gasteiger partial charge < -0.3 is 14.6 Å². The van der Waals surface area contributed by atoms with Crippen LogP contribution in [0.15, 0.2) is 24.3 Å². The van der Waals surface area contributed by atoms with Crippen molar-refractivity contribution in [1.29, 1.82) is 0 Å². The van der Waals surface area contributed by atoms with Gasteiger partial charge in [0.05, 0.1) is 22.9 Å². The lowest BCUT2D eigenvalue weighted by atomic mass is 9.95. The molecule has 32 heavy (non-hydrogen) atoms. The predicted molar refractivity (Wildman–Crippen MR) is 118 cm³/mol. The highest BCUT2D eigenvalue weighted by Crippen LogP contribution is 2.38. The summed E-state index contributed by atoms with van der Waals surface area (Å²) in [6.07, 6.45) is 2.56. The summed E-state index contributed by atoms with van der Waals surface area (Å²) in [6.45, 7) is 2.96. The fourth-order valence-corrected chi connectivity index (χ4v) is 4.95. The molecule has 0 bridgehead atoms. The van der Waals surface area contributed by atoms with E-state index in [2.05, 4.69) is 5.32 Å². The minimum absolute atomic E-state index is 0.0429. The maximum absolute atomic E-state index is 13.4. The first-order valence-electron chi connectivity index (χ1n) is 11.2. The first kappa shape index (κ1) is 23.2. The van der Waals surface area contributed by atoms with E-state index >= 15 is 0 Å². The van der Waals surface area contributed by atoms with Gasteiger partial charge in [0.1, 0.15) is 0 Å². The molecule has 1 saturated heterocycles. The Morgan fingerprint density at radius 2 is 1.91 bits per heavy atom. The third kappa shape index (κ3) is 4.99. The number of aromatic nitrogens is 1. The van der Waals surface area contributed by atoms with Crippen LogP contribution in [-0.2, 0) is 17.5 Å². The van der Waals surface area contributed by atoms with Gasteiger partial charge >= 0.3 is 6.18 Å². The normalized spacial score (nSPS) is 20.0. The second-order valence-electron chi connectivity index (χ2n) is 8.78. The molecule has 1 amide bonds. The molecular weight excluding hydrogens is 441 g/mol. The van der Waals surface area contributed by atoms with E-state index in [9.17, 15) is 18.0 Å². The van der Waals surface area contributed by atoms with E-state index in [4.69, 9.17) is 16.3 Å². The number of hydrogen-bond acceptors (Lipinski definition) is 2. The van der Waals surface area contributed by atoms with E-state index in [-0.39, 0.29) is 28.6 Å². The lowest BCUT2D eigenvalue weighted by Gasteiger charge is -2.22. The molecular formula is C24H28ClF3N2O2. The number of nitrogens with one attached hydrogen (secondary N) is 1. The number of halogens is 4. The van der Waals surface area contributed by atoms with Crippen LogP contribution in [0.5, 0.6) is 0 Å². The molecule has 2 heterocycles. The van der Waals surface area contributed by atoms with Crippen LogP contribution in [-0.4, -0.2) is 29.2 Å². The molecule has 1 N–H and O–H groups in total. The quantitative estimate of drug-likeness (QED) is 0.553. The van der Waals surface area contributed by atoms with Crippen LogP contribution < -0.4 is 5.32 Å². The summed E-state index contributed by atoms with van der Waals surface area (Å²) in [7, 11) is 0. The molecule has 2 aromatic rings. The number of carbonyl (C=O) groups is 1. The van der Waals surface area contributed by atoms with Gasteiger partial charge in [0.15, 0.2) is 0 Å². The minimum Gasteiger partial charge on any atom is -0.376 e. The van der Waals surface area contributed by atoms with Crippen molar-refractivity contribution in [1.82, 2.24) is 9.88 Å². The second-order valence-corrected chi connectivity index (χ2v) is 9.18. The van der Waals surface area contributed by atoms with Gasteiger partial charge in [-0.25, -0.2) is 0 Å². The van der Waals surface area contributed by atoms with E-state index < -0.39 is 11.7 Å². The van der Waals surface area contributed by atoms with Crippen LogP contribution in [0, 0.1) is 6.92 Å². The highest BCUT2D eigenvalue weighted by molar-refractivity contribution is 6.33. The molecule has 1 saturated carbocycles. The van der Waals surface area contributed by atoms with Crippen LogP contribution in [0.3, 0.4) is 0 Å². The lowest BCUT2D eigenvalue weighted by Crippen LogP contribution is -2.36. The Morgan fingerprint density at radius 1 is 1.16 bits per heavy atom. The maximum Gasteiger partial charge on any atom is 0.416 e. The molecule has 174 valence electrons. The zero-order valence-electron chi connectivity index (χ0n) is 18.1. The molecule has 8 heteroatoms. The van der Waals surface area contributed by atoms with E-state index in [1.807, 2.05) is 11.5 Å². The van der Waals surface area contributed by atoms with Crippen molar-refractivity contribution in [3.8, 4) is 11.3 Å². The minimum atomic E-state index is -4.48. The van der Waals surface area contributed by atoms with E-state index in [0.717, 1.165) is 50.7 Å². The highest BCUT2D eigenvalue weighted by atomic mass is 35.5. The predicted octanol–water partition coefficient (Wildman–Crippen LogP) is 6.38. The van der Waals surface area contributed by atoms with Crippen molar-refractivity contribution < 1.29 is 22.7 Å². The Kier molecular flexibility index (Phi) is 6.86. The summed E-state index contributed by atoms with van der Waals surface area (Å²) in [5.41, 5.74) is 1.17. The van der Waals surface area contributed by atoms with Crippen molar-refractivity contribution in [2.75, 3.05) is 6.61 Å².